The predicted octanol–water partition coefficient (Wildman–Crippen LogP) is 5.37. The summed E-state index contributed by atoms with van der Waals surface area (Å²) in [5, 5.41) is 10.7. The van der Waals surface area contributed by atoms with Crippen LogP contribution in [0.15, 0.2) is 40.9 Å². The van der Waals surface area contributed by atoms with Crippen molar-refractivity contribution in [1.82, 2.24) is 0 Å². The van der Waals surface area contributed by atoms with Gasteiger partial charge in [0.15, 0.2) is 5.78 Å². The van der Waals surface area contributed by atoms with E-state index in [1.165, 1.54) is 12.8 Å². The van der Waals surface area contributed by atoms with Crippen LogP contribution in [0.2, 0.25) is 0 Å². The maximum atomic E-state index is 12.7. The standard InChI is InChI=1S/C21H29NO2/c1-4-5-6-10-13-22-17-14-21(2,3)15-18(23)19(17)20(24)16-11-8-7-9-12-16/h7-9,11-12,24H,4-6,10,13-15H2,1-3H3/b20-19+,22-17?. The van der Waals surface area contributed by atoms with Gasteiger partial charge in [-0.3, -0.25) is 9.79 Å². The van der Waals surface area contributed by atoms with Crippen LogP contribution < -0.4 is 0 Å². The summed E-state index contributed by atoms with van der Waals surface area (Å²) < 4.78 is 0. The van der Waals surface area contributed by atoms with Gasteiger partial charge in [-0.2, -0.15) is 0 Å². The average molecular weight is 327 g/mol. The monoisotopic (exact) mass is 327 g/mol. The number of Topliss-reactive ketones (excluding diaryl/α,β-unsaturated/α-hetero) is 1. The van der Waals surface area contributed by atoms with Gasteiger partial charge in [0.25, 0.3) is 0 Å². The van der Waals surface area contributed by atoms with Crippen molar-refractivity contribution in [3.05, 3.63) is 41.5 Å². The molecule has 1 aliphatic carbocycles. The number of carbonyl (C=O) groups excluding carboxylic acids is 1. The van der Waals surface area contributed by atoms with Crippen LogP contribution in [0.25, 0.3) is 5.76 Å². The average Bonchev–Trinajstić information content (AvgIpc) is 2.53. The van der Waals surface area contributed by atoms with E-state index in [9.17, 15) is 9.90 Å². The number of aliphatic hydroxyl groups excluding tert-OH is 1. The maximum Gasteiger partial charge on any atom is 0.168 e. The Labute approximate surface area is 145 Å². The molecule has 1 N–H and O–H groups in total. The summed E-state index contributed by atoms with van der Waals surface area (Å²) in [6, 6.07) is 9.29. The molecule has 1 aromatic rings. The Morgan fingerprint density at radius 2 is 1.83 bits per heavy atom. The lowest BCUT2D eigenvalue weighted by Gasteiger charge is -2.31. The van der Waals surface area contributed by atoms with Gasteiger partial charge < -0.3 is 5.11 Å². The van der Waals surface area contributed by atoms with E-state index in [4.69, 9.17) is 4.99 Å². The number of hydrogen-bond donors (Lipinski definition) is 1. The summed E-state index contributed by atoms with van der Waals surface area (Å²) >= 11 is 0. The van der Waals surface area contributed by atoms with E-state index in [0.717, 1.165) is 31.5 Å². The molecule has 0 unspecified atom stereocenters. The van der Waals surface area contributed by atoms with Crippen molar-refractivity contribution in [3.63, 3.8) is 0 Å². The number of benzene rings is 1. The third-order valence-corrected chi connectivity index (χ3v) is 4.45. The molecule has 1 saturated carbocycles. The Hall–Kier alpha value is -1.90. The fraction of sp³-hybridized carbons (Fsp3) is 0.524. The minimum absolute atomic E-state index is 0.0000822. The highest BCUT2D eigenvalue weighted by molar-refractivity contribution is 6.28. The van der Waals surface area contributed by atoms with E-state index in [2.05, 4.69) is 20.8 Å². The van der Waals surface area contributed by atoms with Gasteiger partial charge in [0.2, 0.25) is 0 Å². The quantitative estimate of drug-likeness (QED) is 0.434. The highest BCUT2D eigenvalue weighted by Gasteiger charge is 2.36. The predicted molar refractivity (Wildman–Crippen MR) is 100 cm³/mol. The van der Waals surface area contributed by atoms with Crippen molar-refractivity contribution in [2.75, 3.05) is 6.54 Å². The first kappa shape index (κ1) is 18.4. The van der Waals surface area contributed by atoms with Gasteiger partial charge >= 0.3 is 0 Å². The normalized spacial score (nSPS) is 21.1. The van der Waals surface area contributed by atoms with Gasteiger partial charge in [-0.25, -0.2) is 0 Å². The second kappa shape index (κ2) is 8.27. The second-order valence-electron chi connectivity index (χ2n) is 7.42. The molecule has 0 aromatic heterocycles. The van der Waals surface area contributed by atoms with Gasteiger partial charge in [0.05, 0.1) is 5.57 Å². The van der Waals surface area contributed by atoms with Crippen LogP contribution >= 0.6 is 0 Å². The second-order valence-corrected chi connectivity index (χ2v) is 7.42. The molecule has 130 valence electrons. The summed E-state index contributed by atoms with van der Waals surface area (Å²) in [6.07, 6.45) is 5.79. The summed E-state index contributed by atoms with van der Waals surface area (Å²) in [4.78, 5) is 17.4. The van der Waals surface area contributed by atoms with Crippen molar-refractivity contribution in [1.29, 1.82) is 0 Å². The van der Waals surface area contributed by atoms with Crippen molar-refractivity contribution in [2.24, 2.45) is 10.4 Å². The molecule has 1 fully saturated rings. The zero-order chi connectivity index (χ0) is 17.6. The van der Waals surface area contributed by atoms with E-state index in [-0.39, 0.29) is 17.0 Å². The Morgan fingerprint density at radius 3 is 2.50 bits per heavy atom. The number of nitrogens with zero attached hydrogens (tertiary/aromatic N) is 1. The van der Waals surface area contributed by atoms with Crippen LogP contribution in [0, 0.1) is 5.41 Å². The zero-order valence-corrected chi connectivity index (χ0v) is 15.1. The van der Waals surface area contributed by atoms with Crippen LogP contribution in [0.4, 0.5) is 0 Å². The fourth-order valence-corrected chi connectivity index (χ4v) is 3.18. The highest BCUT2D eigenvalue weighted by Crippen LogP contribution is 2.36. The van der Waals surface area contributed by atoms with E-state index in [0.29, 0.717) is 17.6 Å². The lowest BCUT2D eigenvalue weighted by Crippen LogP contribution is -2.32. The number of rotatable bonds is 6. The molecule has 0 amide bonds. The van der Waals surface area contributed by atoms with E-state index in [1.807, 2.05) is 30.3 Å². The summed E-state index contributed by atoms with van der Waals surface area (Å²) in [7, 11) is 0. The lowest BCUT2D eigenvalue weighted by atomic mass is 9.73. The molecule has 0 spiro atoms. The minimum atomic E-state index is -0.0974. The smallest absolute Gasteiger partial charge is 0.168 e. The lowest BCUT2D eigenvalue weighted by molar-refractivity contribution is -0.117. The molecule has 1 aromatic carbocycles. The molecular formula is C21H29NO2. The summed E-state index contributed by atoms with van der Waals surface area (Å²) in [6.45, 7) is 7.10. The summed E-state index contributed by atoms with van der Waals surface area (Å²) in [5.74, 6) is 0.0725. The van der Waals surface area contributed by atoms with Crippen LogP contribution in [-0.2, 0) is 4.79 Å². The molecule has 0 bridgehead atoms. The molecule has 3 nitrogen and oxygen atoms in total. The van der Waals surface area contributed by atoms with E-state index < -0.39 is 0 Å². The largest absolute Gasteiger partial charge is 0.506 e. The zero-order valence-electron chi connectivity index (χ0n) is 15.1. The Balaban J connectivity index is 2.30. The van der Waals surface area contributed by atoms with E-state index >= 15 is 0 Å². The fourth-order valence-electron chi connectivity index (χ4n) is 3.18. The van der Waals surface area contributed by atoms with Gasteiger partial charge in [-0.1, -0.05) is 70.4 Å². The third-order valence-electron chi connectivity index (χ3n) is 4.45. The summed E-state index contributed by atoms with van der Waals surface area (Å²) in [5.41, 5.74) is 1.78. The number of aliphatic hydroxyl groups is 1. The van der Waals surface area contributed by atoms with Crippen LogP contribution in [0.3, 0.4) is 0 Å². The van der Waals surface area contributed by atoms with Crippen LogP contribution in [0.1, 0.15) is 64.9 Å². The van der Waals surface area contributed by atoms with Gasteiger partial charge in [-0.05, 0) is 18.3 Å². The van der Waals surface area contributed by atoms with Gasteiger partial charge in [0, 0.05) is 24.2 Å². The number of carbonyl (C=O) groups is 1. The van der Waals surface area contributed by atoms with Gasteiger partial charge in [0.1, 0.15) is 5.76 Å². The third kappa shape index (κ3) is 4.80. The first-order valence-electron chi connectivity index (χ1n) is 9.00. The first-order chi connectivity index (χ1) is 11.4. The maximum absolute atomic E-state index is 12.7. The Morgan fingerprint density at radius 1 is 1.12 bits per heavy atom. The molecule has 1 aliphatic rings. The van der Waals surface area contributed by atoms with Crippen molar-refractivity contribution < 1.29 is 9.90 Å². The topological polar surface area (TPSA) is 49.7 Å². The molecule has 0 aliphatic heterocycles. The van der Waals surface area contributed by atoms with Crippen molar-refractivity contribution in [3.8, 4) is 0 Å². The Bertz CT molecular complexity index is 626. The minimum Gasteiger partial charge on any atom is -0.506 e. The molecule has 0 heterocycles. The number of hydrogen-bond acceptors (Lipinski definition) is 3. The SMILES string of the molecule is CCCCCCN=C1CC(C)(C)CC(=O)/C1=C(/O)c1ccccc1. The number of allylic oxidation sites excluding steroid dienone is 1. The van der Waals surface area contributed by atoms with Crippen LogP contribution in [-0.4, -0.2) is 23.1 Å². The van der Waals surface area contributed by atoms with Crippen molar-refractivity contribution in [2.45, 2.75) is 59.3 Å². The number of aliphatic imine (C=N–C) groups is 1. The number of ketones is 1. The van der Waals surface area contributed by atoms with Gasteiger partial charge in [-0.15, -0.1) is 0 Å². The van der Waals surface area contributed by atoms with Crippen LogP contribution in [0.5, 0.6) is 0 Å². The Kier molecular flexibility index (Phi) is 6.36. The van der Waals surface area contributed by atoms with E-state index in [1.54, 1.807) is 0 Å². The first-order valence-corrected chi connectivity index (χ1v) is 9.00. The number of unbranched alkanes of at least 4 members (excludes halogenated alkanes) is 3. The molecule has 0 atom stereocenters. The van der Waals surface area contributed by atoms with Crippen molar-refractivity contribution >= 4 is 17.3 Å². The molecule has 3 heteroatoms. The molecule has 0 radical (unpaired) electrons. The highest BCUT2D eigenvalue weighted by atomic mass is 16.3. The molecule has 24 heavy (non-hydrogen) atoms. The molecular weight excluding hydrogens is 298 g/mol. The molecule has 0 saturated heterocycles. The molecule has 2 rings (SSSR count).